The van der Waals surface area contributed by atoms with E-state index in [-0.39, 0.29) is 27.8 Å². The first-order valence-corrected chi connectivity index (χ1v) is 9.65. The number of aryl methyl sites for hydroxylation is 5. The average molecular weight is 490 g/mol. The Labute approximate surface area is 195 Å². The van der Waals surface area contributed by atoms with E-state index < -0.39 is 0 Å². The minimum atomic E-state index is 0. The molecule has 0 bridgehead atoms. The van der Waals surface area contributed by atoms with E-state index in [1.54, 1.807) is 0 Å². The smallest absolute Gasteiger partial charge is 0.479 e. The van der Waals surface area contributed by atoms with Crippen LogP contribution in [-0.4, -0.2) is 4.98 Å². The van der Waals surface area contributed by atoms with Gasteiger partial charge < -0.3 is 17.2 Å². The van der Waals surface area contributed by atoms with Gasteiger partial charge in [-0.15, -0.1) is 6.67 Å². The predicted molar refractivity (Wildman–Crippen MR) is 125 cm³/mol. The van der Waals surface area contributed by atoms with E-state index in [0.29, 0.717) is 0 Å². The van der Waals surface area contributed by atoms with E-state index in [2.05, 4.69) is 112 Å². The molecular weight excluding hydrogens is 461 g/mol. The van der Waals surface area contributed by atoms with Crippen LogP contribution >= 0.6 is 0 Å². The van der Waals surface area contributed by atoms with Crippen LogP contribution in [0.2, 0.25) is 0 Å². The van der Waals surface area contributed by atoms with Gasteiger partial charge in [0.25, 0.3) is 0 Å². The van der Waals surface area contributed by atoms with Gasteiger partial charge >= 0.3 is 20.4 Å². The summed E-state index contributed by atoms with van der Waals surface area (Å²) in [6.07, 6.45) is 4.16. The molecule has 3 aromatic rings. The molecule has 1 aliphatic heterocycles. The maximum Gasteiger partial charge on any atom is 2.00 e. The zero-order valence-electron chi connectivity index (χ0n) is 18.5. The maximum atomic E-state index is 4.95. The standard InChI is InChI=1S/C25H26N3.CH3.Pd/c1-17-14-20(4)25(21(5)15-17)28-13-12-27(16-28)23-11-7-10-22(26-23)24-18(2)8-6-9-19(24)3;;/h6-16H,1-5H3;1H3;/q2*-1;+2. The number of pyridine rings is 1. The number of aromatic nitrogens is 1. The fourth-order valence-electron chi connectivity index (χ4n) is 4.13. The molecule has 0 fully saturated rings. The van der Waals surface area contributed by atoms with Gasteiger partial charge in [0, 0.05) is 11.3 Å². The maximum absolute atomic E-state index is 4.95. The van der Waals surface area contributed by atoms with E-state index in [1.807, 2.05) is 0 Å². The third kappa shape index (κ3) is 4.51. The molecule has 4 heteroatoms. The quantitative estimate of drug-likeness (QED) is 0.303. The van der Waals surface area contributed by atoms with Crippen molar-refractivity contribution in [2.24, 2.45) is 0 Å². The van der Waals surface area contributed by atoms with Crippen LogP contribution < -0.4 is 9.80 Å². The van der Waals surface area contributed by atoms with Crippen molar-refractivity contribution in [2.75, 3.05) is 9.80 Å². The number of hydrogen-bond acceptors (Lipinski definition) is 3. The second kappa shape index (κ2) is 9.60. The Morgan fingerprint density at radius 2 is 1.30 bits per heavy atom. The van der Waals surface area contributed by atoms with Crippen LogP contribution in [0.3, 0.4) is 0 Å². The van der Waals surface area contributed by atoms with Crippen LogP contribution in [0.1, 0.15) is 27.8 Å². The molecule has 0 spiro atoms. The van der Waals surface area contributed by atoms with E-state index in [4.69, 9.17) is 4.98 Å². The minimum absolute atomic E-state index is 0. The van der Waals surface area contributed by atoms with Crippen LogP contribution in [0.4, 0.5) is 11.5 Å². The molecule has 0 radical (unpaired) electrons. The van der Waals surface area contributed by atoms with Crippen molar-refractivity contribution in [1.82, 2.24) is 4.98 Å². The summed E-state index contributed by atoms with van der Waals surface area (Å²) in [7, 11) is 0. The third-order valence-electron chi connectivity index (χ3n) is 5.27. The first-order chi connectivity index (χ1) is 13.4. The van der Waals surface area contributed by atoms with Gasteiger partial charge in [0.05, 0.1) is 5.69 Å². The molecular formula is C26H29N3Pd. The summed E-state index contributed by atoms with van der Waals surface area (Å²) < 4.78 is 0. The fraction of sp³-hybridized carbons (Fsp3) is 0.192. The number of benzene rings is 2. The SMILES string of the molecule is Cc1cc(C)c(N2C=CN(c3cccc(-c4c(C)cccc4C)n3)[CH-]2)c(C)c1.[CH3-].[Pd+2]. The molecule has 2 aromatic carbocycles. The normalized spacial score (nSPS) is 12.6. The van der Waals surface area contributed by atoms with Crippen molar-refractivity contribution in [2.45, 2.75) is 34.6 Å². The van der Waals surface area contributed by atoms with Gasteiger partial charge in [-0.25, -0.2) is 4.98 Å². The van der Waals surface area contributed by atoms with E-state index in [1.165, 1.54) is 39.1 Å². The second-order valence-corrected chi connectivity index (χ2v) is 7.62. The fourth-order valence-corrected chi connectivity index (χ4v) is 4.13. The predicted octanol–water partition coefficient (Wildman–Crippen LogP) is 6.66. The summed E-state index contributed by atoms with van der Waals surface area (Å²) >= 11 is 0. The van der Waals surface area contributed by atoms with Crippen LogP contribution in [0.25, 0.3) is 11.3 Å². The van der Waals surface area contributed by atoms with Crippen LogP contribution in [0.15, 0.2) is 60.9 Å². The number of nitrogens with zero attached hydrogens (tertiary/aromatic N) is 3. The topological polar surface area (TPSA) is 19.4 Å². The number of rotatable bonds is 3. The largest absolute Gasteiger partial charge is 2.00 e. The van der Waals surface area contributed by atoms with E-state index in [9.17, 15) is 0 Å². The molecule has 0 saturated heterocycles. The van der Waals surface area contributed by atoms with Gasteiger partial charge in [-0.05, 0) is 81.4 Å². The summed E-state index contributed by atoms with van der Waals surface area (Å²) in [6, 6.07) is 17.1. The summed E-state index contributed by atoms with van der Waals surface area (Å²) in [6.45, 7) is 12.9. The Hall–Kier alpha value is -2.41. The number of anilines is 2. The van der Waals surface area contributed by atoms with Gasteiger partial charge in [-0.2, -0.15) is 0 Å². The van der Waals surface area contributed by atoms with Crippen LogP contribution in [0.5, 0.6) is 0 Å². The summed E-state index contributed by atoms with van der Waals surface area (Å²) in [5.41, 5.74) is 9.80. The summed E-state index contributed by atoms with van der Waals surface area (Å²) in [5, 5.41) is 0. The van der Waals surface area contributed by atoms with E-state index in [0.717, 1.165) is 11.5 Å². The summed E-state index contributed by atoms with van der Waals surface area (Å²) in [4.78, 5) is 9.21. The van der Waals surface area contributed by atoms with Crippen LogP contribution in [0, 0.1) is 48.7 Å². The molecule has 0 atom stereocenters. The van der Waals surface area contributed by atoms with Crippen molar-refractivity contribution >= 4 is 11.5 Å². The molecule has 0 aliphatic carbocycles. The van der Waals surface area contributed by atoms with E-state index >= 15 is 0 Å². The molecule has 0 N–H and O–H groups in total. The van der Waals surface area contributed by atoms with Crippen molar-refractivity contribution in [3.05, 3.63) is 103 Å². The zero-order chi connectivity index (χ0) is 19.8. The average Bonchev–Trinajstić information content (AvgIpc) is 3.11. The van der Waals surface area contributed by atoms with Crippen molar-refractivity contribution in [1.29, 1.82) is 0 Å². The summed E-state index contributed by atoms with van der Waals surface area (Å²) in [5.74, 6) is 0.918. The Morgan fingerprint density at radius 3 is 1.93 bits per heavy atom. The zero-order valence-corrected chi connectivity index (χ0v) is 20.1. The molecule has 0 amide bonds. The van der Waals surface area contributed by atoms with Gasteiger partial charge in [-0.3, -0.25) is 0 Å². The molecule has 0 unspecified atom stereocenters. The Kier molecular flexibility index (Phi) is 7.64. The molecule has 4 rings (SSSR count). The monoisotopic (exact) mass is 489 g/mol. The van der Waals surface area contributed by atoms with Gasteiger partial charge in [0.2, 0.25) is 0 Å². The molecule has 2 heterocycles. The van der Waals surface area contributed by atoms with Gasteiger partial charge in [0.15, 0.2) is 0 Å². The molecule has 30 heavy (non-hydrogen) atoms. The van der Waals surface area contributed by atoms with Crippen molar-refractivity contribution < 1.29 is 20.4 Å². The third-order valence-corrected chi connectivity index (χ3v) is 5.27. The number of hydrogen-bond donors (Lipinski definition) is 0. The molecule has 3 nitrogen and oxygen atoms in total. The Balaban J connectivity index is 0.00000160. The second-order valence-electron chi connectivity index (χ2n) is 7.62. The molecule has 0 saturated carbocycles. The van der Waals surface area contributed by atoms with Gasteiger partial charge in [-0.1, -0.05) is 42.0 Å². The molecule has 1 aliphatic rings. The van der Waals surface area contributed by atoms with Crippen molar-refractivity contribution in [3.63, 3.8) is 0 Å². The van der Waals surface area contributed by atoms with Crippen molar-refractivity contribution in [3.8, 4) is 11.3 Å². The van der Waals surface area contributed by atoms with Gasteiger partial charge in [0.1, 0.15) is 5.82 Å². The Bertz CT molecular complexity index is 1030. The van der Waals surface area contributed by atoms with Crippen LogP contribution in [-0.2, 0) is 20.4 Å². The Morgan fingerprint density at radius 1 is 0.733 bits per heavy atom. The minimum Gasteiger partial charge on any atom is -0.479 e. The molecule has 158 valence electrons. The first-order valence-electron chi connectivity index (χ1n) is 9.65. The molecule has 1 aromatic heterocycles. The first kappa shape index (κ1) is 23.9.